The summed E-state index contributed by atoms with van der Waals surface area (Å²) in [6.07, 6.45) is 4.97. The summed E-state index contributed by atoms with van der Waals surface area (Å²) in [4.78, 5) is 13.5. The summed E-state index contributed by atoms with van der Waals surface area (Å²) in [6.45, 7) is 0.663. The Bertz CT molecular complexity index is 598. The van der Waals surface area contributed by atoms with E-state index in [9.17, 15) is 9.18 Å². The zero-order valence-corrected chi connectivity index (χ0v) is 14.0. The lowest BCUT2D eigenvalue weighted by molar-refractivity contribution is -0.126. The second-order valence-electron chi connectivity index (χ2n) is 5.59. The van der Waals surface area contributed by atoms with E-state index < -0.39 is 0 Å². The van der Waals surface area contributed by atoms with Crippen LogP contribution in [-0.2, 0) is 4.79 Å². The highest BCUT2D eigenvalue weighted by atomic mass is 127. The summed E-state index contributed by atoms with van der Waals surface area (Å²) in [6, 6.07) is 4.88. The Morgan fingerprint density at radius 1 is 1.43 bits per heavy atom. The number of carbonyl (C=O) groups is 1. The van der Waals surface area contributed by atoms with Gasteiger partial charge in [-0.2, -0.15) is 0 Å². The molecule has 1 saturated carbocycles. The first-order chi connectivity index (χ1) is 10.1. The number of ether oxygens (including phenoxy) is 1. The summed E-state index contributed by atoms with van der Waals surface area (Å²) in [7, 11) is 1.69. The minimum Gasteiger partial charge on any atom is -0.493 e. The Kier molecular flexibility index (Phi) is 4.19. The van der Waals surface area contributed by atoms with Gasteiger partial charge in [0.1, 0.15) is 11.6 Å². The maximum Gasteiger partial charge on any atom is 0.240 e. The van der Waals surface area contributed by atoms with Crippen LogP contribution in [0.1, 0.15) is 24.8 Å². The Morgan fingerprint density at radius 2 is 2.19 bits per heavy atom. The topological polar surface area (TPSA) is 29.5 Å². The Balaban J connectivity index is 1.80. The van der Waals surface area contributed by atoms with Gasteiger partial charge in [0, 0.05) is 24.4 Å². The molecule has 1 fully saturated rings. The van der Waals surface area contributed by atoms with Gasteiger partial charge >= 0.3 is 0 Å². The number of rotatable bonds is 4. The Morgan fingerprint density at radius 3 is 2.86 bits per heavy atom. The predicted octanol–water partition coefficient (Wildman–Crippen LogP) is 3.62. The number of hydrogen-bond donors (Lipinski definition) is 0. The molecule has 21 heavy (non-hydrogen) atoms. The molecule has 0 aromatic heterocycles. The molecule has 1 aliphatic carbocycles. The van der Waals surface area contributed by atoms with Gasteiger partial charge in [-0.05, 0) is 37.3 Å². The monoisotopic (exact) mass is 401 g/mol. The largest absolute Gasteiger partial charge is 0.493 e. The molecule has 3 rings (SSSR count). The van der Waals surface area contributed by atoms with Crippen LogP contribution in [0.2, 0.25) is 0 Å². The van der Waals surface area contributed by atoms with Crippen LogP contribution in [-0.4, -0.2) is 28.4 Å². The van der Waals surface area contributed by atoms with Crippen LogP contribution in [0.15, 0.2) is 24.3 Å². The molecule has 0 N–H and O–H groups in total. The maximum absolute atomic E-state index is 14.3. The fourth-order valence-electron chi connectivity index (χ4n) is 2.36. The van der Waals surface area contributed by atoms with Gasteiger partial charge in [-0.1, -0.05) is 28.7 Å². The van der Waals surface area contributed by atoms with Crippen molar-refractivity contribution in [3.05, 3.63) is 35.7 Å². The molecule has 0 spiro atoms. The van der Waals surface area contributed by atoms with E-state index in [0.29, 0.717) is 36.0 Å². The van der Waals surface area contributed by atoms with Gasteiger partial charge in [0.2, 0.25) is 5.91 Å². The van der Waals surface area contributed by atoms with Gasteiger partial charge in [-0.3, -0.25) is 4.79 Å². The molecule has 3 nitrogen and oxygen atoms in total. The minimum atomic E-state index is -0.346. The number of amides is 1. The molecule has 0 bridgehead atoms. The van der Waals surface area contributed by atoms with Crippen molar-refractivity contribution < 1.29 is 13.9 Å². The van der Waals surface area contributed by atoms with Gasteiger partial charge in [0.25, 0.3) is 0 Å². The number of benzene rings is 1. The number of allylic oxidation sites excluding steroid dienone is 1. The van der Waals surface area contributed by atoms with Crippen molar-refractivity contribution in [3.63, 3.8) is 0 Å². The summed E-state index contributed by atoms with van der Waals surface area (Å²) in [5, 5.41) is 0. The second-order valence-corrected chi connectivity index (χ2v) is 7.09. The molecule has 2 aliphatic rings. The third kappa shape index (κ3) is 3.22. The lowest BCUT2D eigenvalue weighted by Crippen LogP contribution is -2.35. The van der Waals surface area contributed by atoms with E-state index in [0.717, 1.165) is 0 Å². The predicted molar refractivity (Wildman–Crippen MR) is 87.8 cm³/mol. The van der Waals surface area contributed by atoms with E-state index in [1.165, 1.54) is 23.8 Å². The molecule has 1 atom stereocenters. The van der Waals surface area contributed by atoms with Crippen LogP contribution in [0.3, 0.4) is 0 Å². The quantitative estimate of drug-likeness (QED) is 0.570. The van der Waals surface area contributed by atoms with Gasteiger partial charge in [0.05, 0.1) is 10.5 Å². The summed E-state index contributed by atoms with van der Waals surface area (Å²) in [5.41, 5.74) is 1.09. The summed E-state index contributed by atoms with van der Waals surface area (Å²) in [5.74, 6) is 0.862. The molecule has 1 unspecified atom stereocenters. The Labute approximate surface area is 137 Å². The molecule has 112 valence electrons. The van der Waals surface area contributed by atoms with Crippen LogP contribution < -0.4 is 4.74 Å². The van der Waals surface area contributed by atoms with Crippen molar-refractivity contribution in [2.45, 2.75) is 23.2 Å². The van der Waals surface area contributed by atoms with E-state index in [2.05, 4.69) is 22.6 Å². The summed E-state index contributed by atoms with van der Waals surface area (Å²) >= 11 is 2.11. The van der Waals surface area contributed by atoms with Crippen LogP contribution >= 0.6 is 22.6 Å². The molecule has 0 saturated heterocycles. The number of carbonyl (C=O) groups excluding carboxylic acids is 1. The molecular weight excluding hydrogens is 384 g/mol. The zero-order chi connectivity index (χ0) is 15.0. The zero-order valence-electron chi connectivity index (χ0n) is 11.8. The van der Waals surface area contributed by atoms with Crippen LogP contribution in [0.4, 0.5) is 4.39 Å². The van der Waals surface area contributed by atoms with Crippen molar-refractivity contribution in [1.29, 1.82) is 0 Å². The van der Waals surface area contributed by atoms with E-state index >= 15 is 0 Å². The van der Waals surface area contributed by atoms with Gasteiger partial charge in [0.15, 0.2) is 0 Å². The van der Waals surface area contributed by atoms with E-state index in [4.69, 9.17) is 4.74 Å². The average Bonchev–Trinajstić information content (AvgIpc) is 3.28. The second kappa shape index (κ2) is 5.94. The molecule has 1 aromatic carbocycles. The smallest absolute Gasteiger partial charge is 0.240 e. The van der Waals surface area contributed by atoms with Crippen molar-refractivity contribution in [2.24, 2.45) is 5.92 Å². The highest BCUT2D eigenvalue weighted by Crippen LogP contribution is 2.32. The first-order valence-electron chi connectivity index (χ1n) is 7.11. The third-order valence-corrected chi connectivity index (χ3v) is 4.92. The molecule has 1 amide bonds. The highest BCUT2D eigenvalue weighted by molar-refractivity contribution is 14.1. The van der Waals surface area contributed by atoms with Crippen molar-refractivity contribution >= 4 is 34.2 Å². The first-order valence-corrected chi connectivity index (χ1v) is 8.35. The van der Waals surface area contributed by atoms with Crippen molar-refractivity contribution in [2.75, 3.05) is 13.7 Å². The molecule has 1 heterocycles. The lowest BCUT2D eigenvalue weighted by Gasteiger charge is -2.28. The van der Waals surface area contributed by atoms with Gasteiger partial charge in [-0.25, -0.2) is 4.39 Å². The normalized spacial score (nSPS) is 22.2. The van der Waals surface area contributed by atoms with Crippen LogP contribution in [0.5, 0.6) is 5.75 Å². The van der Waals surface area contributed by atoms with Gasteiger partial charge in [-0.15, -0.1) is 0 Å². The fourth-order valence-corrected chi connectivity index (χ4v) is 3.04. The van der Waals surface area contributed by atoms with Crippen molar-refractivity contribution in [3.8, 4) is 5.75 Å². The maximum atomic E-state index is 14.3. The van der Waals surface area contributed by atoms with E-state index in [-0.39, 0.29) is 15.6 Å². The molecule has 1 aliphatic heterocycles. The SMILES string of the molecule is CN1C(=O)C(I)CC=C1c1ccc(OCC2CC2)cc1F. The first kappa shape index (κ1) is 14.8. The van der Waals surface area contributed by atoms with Crippen LogP contribution in [0.25, 0.3) is 5.70 Å². The van der Waals surface area contributed by atoms with E-state index in [1.807, 2.05) is 6.08 Å². The number of alkyl halides is 1. The molecule has 5 heteroatoms. The lowest BCUT2D eigenvalue weighted by atomic mass is 10.0. The minimum absolute atomic E-state index is 0.0153. The molecular formula is C16H17FINO2. The average molecular weight is 401 g/mol. The van der Waals surface area contributed by atoms with Crippen molar-refractivity contribution in [1.82, 2.24) is 4.90 Å². The molecule has 0 radical (unpaired) electrons. The number of nitrogens with zero attached hydrogens (tertiary/aromatic N) is 1. The highest BCUT2D eigenvalue weighted by Gasteiger charge is 2.28. The fraction of sp³-hybridized carbons (Fsp3) is 0.438. The number of hydrogen-bond acceptors (Lipinski definition) is 2. The van der Waals surface area contributed by atoms with Crippen LogP contribution in [0, 0.1) is 11.7 Å². The third-order valence-electron chi connectivity index (χ3n) is 3.88. The van der Waals surface area contributed by atoms with E-state index in [1.54, 1.807) is 19.2 Å². The Hall–Kier alpha value is -1.11. The molecule has 1 aromatic rings. The standard InChI is InChI=1S/C16H17FINO2/c1-19-15(7-6-14(18)16(19)20)12-5-4-11(8-13(12)17)21-9-10-2-3-10/h4-5,7-8,10,14H,2-3,6,9H2,1H3. The summed E-state index contributed by atoms with van der Waals surface area (Å²) < 4.78 is 19.8. The van der Waals surface area contributed by atoms with Gasteiger partial charge < -0.3 is 9.64 Å². The number of halogens is 2.